The summed E-state index contributed by atoms with van der Waals surface area (Å²) in [5.41, 5.74) is 0.843. The average molecular weight is 583 g/mol. The lowest BCUT2D eigenvalue weighted by atomic mass is 9.94. The SMILES string of the molecule is CCCCCOc1ccc(C2/C(=C(/O)c3ccc(C)c(F)c3)C(=O)C(=O)N2c2nc(C)c(C(=O)OC)s2)cc1OC. The van der Waals surface area contributed by atoms with E-state index in [2.05, 4.69) is 11.9 Å². The number of thiazole rings is 1. The van der Waals surface area contributed by atoms with Crippen molar-refractivity contribution in [1.82, 2.24) is 4.98 Å². The predicted molar refractivity (Wildman–Crippen MR) is 152 cm³/mol. The fourth-order valence-electron chi connectivity index (χ4n) is 4.52. The highest BCUT2D eigenvalue weighted by Crippen LogP contribution is 2.45. The van der Waals surface area contributed by atoms with Gasteiger partial charge in [-0.1, -0.05) is 49.3 Å². The first-order valence-electron chi connectivity index (χ1n) is 13.1. The number of hydrogen-bond donors (Lipinski definition) is 1. The fraction of sp³-hybridized carbons (Fsp3) is 0.333. The van der Waals surface area contributed by atoms with Crippen molar-refractivity contribution >= 4 is 39.9 Å². The lowest BCUT2D eigenvalue weighted by Gasteiger charge is -2.24. The third-order valence-electron chi connectivity index (χ3n) is 6.76. The van der Waals surface area contributed by atoms with Gasteiger partial charge in [-0.3, -0.25) is 14.5 Å². The highest BCUT2D eigenvalue weighted by atomic mass is 32.1. The highest BCUT2D eigenvalue weighted by Gasteiger charge is 2.48. The number of anilines is 1. The minimum atomic E-state index is -1.17. The summed E-state index contributed by atoms with van der Waals surface area (Å²) in [5, 5.41) is 11.4. The van der Waals surface area contributed by atoms with Gasteiger partial charge in [0.2, 0.25) is 0 Å². The van der Waals surface area contributed by atoms with E-state index in [1.54, 1.807) is 32.0 Å². The molecule has 1 saturated heterocycles. The van der Waals surface area contributed by atoms with Crippen molar-refractivity contribution < 1.29 is 38.1 Å². The van der Waals surface area contributed by atoms with Crippen molar-refractivity contribution in [2.45, 2.75) is 46.1 Å². The monoisotopic (exact) mass is 582 g/mol. The van der Waals surface area contributed by atoms with Crippen LogP contribution in [0.2, 0.25) is 0 Å². The topological polar surface area (TPSA) is 115 Å². The molecule has 2 heterocycles. The van der Waals surface area contributed by atoms with E-state index in [1.807, 2.05) is 0 Å². The molecule has 0 saturated carbocycles. The van der Waals surface area contributed by atoms with Crippen LogP contribution in [0.25, 0.3) is 5.76 Å². The van der Waals surface area contributed by atoms with Crippen LogP contribution >= 0.6 is 11.3 Å². The number of unbranched alkanes of at least 4 members (excludes halogenated alkanes) is 2. The number of amides is 1. The third kappa shape index (κ3) is 5.81. The molecule has 0 aliphatic carbocycles. The summed E-state index contributed by atoms with van der Waals surface area (Å²) in [4.78, 5) is 44.9. The van der Waals surface area contributed by atoms with Gasteiger partial charge in [-0.05, 0) is 49.6 Å². The Hall–Kier alpha value is -4.25. The molecule has 216 valence electrons. The first-order valence-corrected chi connectivity index (χ1v) is 13.9. The summed E-state index contributed by atoms with van der Waals surface area (Å²) in [6, 6.07) is 7.81. The summed E-state index contributed by atoms with van der Waals surface area (Å²) in [6.07, 6.45) is 2.91. The number of aliphatic hydroxyl groups excluding tert-OH is 1. The number of nitrogens with zero attached hydrogens (tertiary/aromatic N) is 2. The van der Waals surface area contributed by atoms with Crippen LogP contribution in [0.3, 0.4) is 0 Å². The van der Waals surface area contributed by atoms with E-state index in [9.17, 15) is 23.9 Å². The van der Waals surface area contributed by atoms with Gasteiger partial charge in [-0.15, -0.1) is 0 Å². The van der Waals surface area contributed by atoms with Crippen molar-refractivity contribution in [1.29, 1.82) is 0 Å². The minimum absolute atomic E-state index is 0.0320. The molecule has 3 aromatic rings. The summed E-state index contributed by atoms with van der Waals surface area (Å²) in [5.74, 6) is -2.88. The number of halogens is 1. The molecule has 9 nitrogen and oxygen atoms in total. The number of carbonyl (C=O) groups is 3. The van der Waals surface area contributed by atoms with E-state index in [0.717, 1.165) is 41.6 Å². The Morgan fingerprint density at radius 3 is 2.51 bits per heavy atom. The number of esters is 1. The van der Waals surface area contributed by atoms with Gasteiger partial charge in [0.1, 0.15) is 16.5 Å². The second-order valence-corrected chi connectivity index (χ2v) is 10.5. The molecule has 0 radical (unpaired) electrons. The number of benzene rings is 2. The largest absolute Gasteiger partial charge is 0.507 e. The van der Waals surface area contributed by atoms with Crippen LogP contribution in [0.4, 0.5) is 9.52 Å². The molecule has 11 heteroatoms. The van der Waals surface area contributed by atoms with Crippen molar-refractivity contribution in [2.24, 2.45) is 0 Å². The number of aromatic nitrogens is 1. The van der Waals surface area contributed by atoms with E-state index in [4.69, 9.17) is 14.2 Å². The molecule has 0 bridgehead atoms. The molecule has 1 fully saturated rings. The molecular formula is C30H31FN2O7S. The zero-order chi connectivity index (χ0) is 29.8. The number of aryl methyl sites for hydroxylation is 2. The maximum atomic E-state index is 14.4. The summed E-state index contributed by atoms with van der Waals surface area (Å²) in [7, 11) is 2.70. The maximum Gasteiger partial charge on any atom is 0.350 e. The van der Waals surface area contributed by atoms with Gasteiger partial charge in [0.15, 0.2) is 16.6 Å². The molecule has 1 unspecified atom stereocenters. The molecule has 4 rings (SSSR count). The number of Topliss-reactive ketones (excluding diaryl/α,β-unsaturated/α-hetero) is 1. The van der Waals surface area contributed by atoms with Crippen LogP contribution in [-0.4, -0.2) is 48.6 Å². The second kappa shape index (κ2) is 12.5. The maximum absolute atomic E-state index is 14.4. The molecule has 0 spiro atoms. The normalized spacial score (nSPS) is 16.2. The predicted octanol–water partition coefficient (Wildman–Crippen LogP) is 5.89. The van der Waals surface area contributed by atoms with E-state index < -0.39 is 35.3 Å². The number of ketones is 1. The Bertz CT molecular complexity index is 1530. The lowest BCUT2D eigenvalue weighted by Crippen LogP contribution is -2.29. The van der Waals surface area contributed by atoms with Crippen LogP contribution in [-0.2, 0) is 14.3 Å². The molecular weight excluding hydrogens is 551 g/mol. The van der Waals surface area contributed by atoms with Crippen molar-refractivity contribution in [3.63, 3.8) is 0 Å². The Balaban J connectivity index is 1.89. The summed E-state index contributed by atoms with van der Waals surface area (Å²) >= 11 is 0.883. The Morgan fingerprint density at radius 2 is 1.85 bits per heavy atom. The highest BCUT2D eigenvalue weighted by molar-refractivity contribution is 7.17. The van der Waals surface area contributed by atoms with Crippen LogP contribution < -0.4 is 14.4 Å². The van der Waals surface area contributed by atoms with Gasteiger partial charge in [0, 0.05) is 5.56 Å². The summed E-state index contributed by atoms with van der Waals surface area (Å²) in [6.45, 7) is 5.73. The molecule has 41 heavy (non-hydrogen) atoms. The average Bonchev–Trinajstić information content (AvgIpc) is 3.47. The van der Waals surface area contributed by atoms with Gasteiger partial charge in [-0.25, -0.2) is 14.2 Å². The number of aliphatic hydroxyl groups is 1. The van der Waals surface area contributed by atoms with Crippen LogP contribution in [0.5, 0.6) is 11.5 Å². The molecule has 2 aromatic carbocycles. The third-order valence-corrected chi connectivity index (χ3v) is 7.90. The first kappa shape index (κ1) is 29.7. The Kier molecular flexibility index (Phi) is 9.07. The molecule has 1 aliphatic rings. The lowest BCUT2D eigenvalue weighted by molar-refractivity contribution is -0.132. The standard InChI is InChI=1S/C30H31FN2O7S/c1-6-7-8-13-40-21-12-11-18(15-22(21)38-4)24-23(25(34)19-10-9-16(2)20(31)14-19)26(35)28(36)33(24)30-32-17(3)27(41-30)29(37)39-5/h9-12,14-15,24,34H,6-8,13H2,1-5H3/b25-23-. The molecule has 1 N–H and O–H groups in total. The molecule has 1 aromatic heterocycles. The van der Waals surface area contributed by atoms with Crippen molar-refractivity contribution in [2.75, 3.05) is 25.7 Å². The van der Waals surface area contributed by atoms with Crippen molar-refractivity contribution in [3.8, 4) is 11.5 Å². The van der Waals surface area contributed by atoms with Gasteiger partial charge in [0.05, 0.1) is 38.1 Å². The zero-order valence-electron chi connectivity index (χ0n) is 23.4. The number of ether oxygens (including phenoxy) is 3. The van der Waals surface area contributed by atoms with Crippen molar-refractivity contribution in [3.05, 3.63) is 75.0 Å². The summed E-state index contributed by atoms with van der Waals surface area (Å²) < 4.78 is 30.7. The van der Waals surface area contributed by atoms with E-state index in [-0.39, 0.29) is 21.1 Å². The van der Waals surface area contributed by atoms with Crippen LogP contribution in [0.15, 0.2) is 42.0 Å². The van der Waals surface area contributed by atoms with E-state index in [0.29, 0.717) is 34.9 Å². The van der Waals surface area contributed by atoms with Gasteiger partial charge in [0.25, 0.3) is 5.78 Å². The molecule has 1 atom stereocenters. The number of hydrogen-bond acceptors (Lipinski definition) is 9. The quantitative estimate of drug-likeness (QED) is 0.103. The zero-order valence-corrected chi connectivity index (χ0v) is 24.3. The van der Waals surface area contributed by atoms with Gasteiger partial charge in [-0.2, -0.15) is 0 Å². The number of methoxy groups -OCH3 is 2. The first-order chi connectivity index (χ1) is 19.6. The second-order valence-electron chi connectivity index (χ2n) is 9.50. The Morgan fingerprint density at radius 1 is 1.10 bits per heavy atom. The fourth-order valence-corrected chi connectivity index (χ4v) is 5.53. The van der Waals surface area contributed by atoms with Crippen LogP contribution in [0, 0.1) is 19.7 Å². The number of rotatable bonds is 10. The minimum Gasteiger partial charge on any atom is -0.507 e. The Labute approximate surface area is 241 Å². The molecule has 1 aliphatic heterocycles. The van der Waals surface area contributed by atoms with E-state index in [1.165, 1.54) is 26.4 Å². The number of carbonyl (C=O) groups excluding carboxylic acids is 3. The smallest absolute Gasteiger partial charge is 0.350 e. The molecule has 1 amide bonds. The van der Waals surface area contributed by atoms with Gasteiger partial charge < -0.3 is 19.3 Å². The van der Waals surface area contributed by atoms with Gasteiger partial charge >= 0.3 is 11.9 Å². The van der Waals surface area contributed by atoms with Crippen LogP contribution in [0.1, 0.15) is 64.3 Å². The van der Waals surface area contributed by atoms with E-state index >= 15 is 0 Å².